The lowest BCUT2D eigenvalue weighted by molar-refractivity contribution is -0.276. The van der Waals surface area contributed by atoms with Crippen LogP contribution >= 0.6 is 0 Å². The van der Waals surface area contributed by atoms with Crippen molar-refractivity contribution in [2.24, 2.45) is 5.92 Å². The van der Waals surface area contributed by atoms with Gasteiger partial charge < -0.3 is 18.9 Å². The molecule has 4 aromatic rings. The first-order valence-corrected chi connectivity index (χ1v) is 12.1. The second kappa shape index (κ2) is 11.0. The predicted octanol–water partition coefficient (Wildman–Crippen LogP) is 8.01. The van der Waals surface area contributed by atoms with Crippen molar-refractivity contribution in [3.05, 3.63) is 95.1 Å². The Bertz CT molecular complexity index is 1510. The van der Waals surface area contributed by atoms with Crippen LogP contribution in [-0.2, 0) is 9.47 Å². The largest absolute Gasteiger partial charge is 0.573 e. The number of rotatable bonds is 6. The highest BCUT2D eigenvalue weighted by atomic mass is 19.4. The van der Waals surface area contributed by atoms with E-state index in [1.54, 1.807) is 12.1 Å². The van der Waals surface area contributed by atoms with E-state index in [4.69, 9.17) is 14.2 Å². The molecule has 4 aromatic carbocycles. The molecule has 0 N–H and O–H groups in total. The molecule has 210 valence electrons. The minimum atomic E-state index is -5.26. The second-order valence-corrected chi connectivity index (χ2v) is 9.34. The average molecular weight is 566 g/mol. The van der Waals surface area contributed by atoms with E-state index >= 15 is 0 Å². The van der Waals surface area contributed by atoms with Crippen LogP contribution in [0.3, 0.4) is 0 Å². The molecular formula is C29H21F7O4. The zero-order chi connectivity index (χ0) is 28.6. The van der Waals surface area contributed by atoms with E-state index in [1.807, 2.05) is 19.1 Å². The van der Waals surface area contributed by atoms with E-state index in [2.05, 4.69) is 4.74 Å². The van der Waals surface area contributed by atoms with Crippen molar-refractivity contribution in [3.63, 3.8) is 0 Å². The molecule has 1 saturated heterocycles. The Morgan fingerprint density at radius 2 is 1.40 bits per heavy atom. The molecule has 1 aliphatic heterocycles. The van der Waals surface area contributed by atoms with Gasteiger partial charge in [-0.15, -0.1) is 13.2 Å². The van der Waals surface area contributed by atoms with Gasteiger partial charge in [0, 0.05) is 16.9 Å². The molecule has 1 fully saturated rings. The first kappa shape index (κ1) is 27.7. The van der Waals surface area contributed by atoms with Crippen LogP contribution in [0.15, 0.2) is 60.7 Å². The van der Waals surface area contributed by atoms with Crippen LogP contribution in [0, 0.1) is 36.1 Å². The quantitative estimate of drug-likeness (QED) is 0.222. The summed E-state index contributed by atoms with van der Waals surface area (Å²) in [5.41, 5.74) is 2.40. The maximum atomic E-state index is 14.7. The third-order valence-corrected chi connectivity index (χ3v) is 6.31. The minimum absolute atomic E-state index is 0.0280. The highest BCUT2D eigenvalue weighted by Gasteiger charge is 2.35. The standard InChI is InChI=1S/C29H21F7O4/c1-15-2-4-17(5-3-15)19-9-22(30)26(23(31)10-19)37-12-16-13-38-28(39-14-16)18-6-7-21-20(8-18)11-24(32)27(25(21)33)40-29(34,35)36/h2-11,16,28H,12-14H2,1H3. The molecule has 0 aliphatic carbocycles. The number of halogens is 7. The summed E-state index contributed by atoms with van der Waals surface area (Å²) >= 11 is 0. The lowest BCUT2D eigenvalue weighted by Gasteiger charge is -2.29. The van der Waals surface area contributed by atoms with Gasteiger partial charge in [-0.2, -0.15) is 0 Å². The van der Waals surface area contributed by atoms with Gasteiger partial charge in [0.15, 0.2) is 35.3 Å². The fraction of sp³-hybridized carbons (Fsp3) is 0.241. The first-order chi connectivity index (χ1) is 19.0. The summed E-state index contributed by atoms with van der Waals surface area (Å²) < 4.78 is 116. The topological polar surface area (TPSA) is 36.9 Å². The summed E-state index contributed by atoms with van der Waals surface area (Å²) in [5.74, 6) is -7.18. The second-order valence-electron chi connectivity index (χ2n) is 9.34. The van der Waals surface area contributed by atoms with Gasteiger partial charge in [0.25, 0.3) is 0 Å². The van der Waals surface area contributed by atoms with Crippen molar-refractivity contribution in [1.29, 1.82) is 0 Å². The molecule has 0 bridgehead atoms. The van der Waals surface area contributed by atoms with Gasteiger partial charge >= 0.3 is 6.36 Å². The molecule has 1 aliphatic rings. The Hall–Kier alpha value is -3.83. The third-order valence-electron chi connectivity index (χ3n) is 6.31. The molecule has 5 rings (SSSR count). The zero-order valence-corrected chi connectivity index (χ0v) is 20.8. The van der Waals surface area contributed by atoms with Crippen LogP contribution in [0.2, 0.25) is 0 Å². The van der Waals surface area contributed by atoms with Crippen LogP contribution in [0.5, 0.6) is 11.5 Å². The lowest BCUT2D eigenvalue weighted by atomic mass is 10.0. The summed E-state index contributed by atoms with van der Waals surface area (Å²) in [6.45, 7) is 1.95. The van der Waals surface area contributed by atoms with Gasteiger partial charge in [-0.25, -0.2) is 17.6 Å². The summed E-state index contributed by atoms with van der Waals surface area (Å²) in [6.07, 6.45) is -6.21. The smallest absolute Gasteiger partial charge is 0.487 e. The lowest BCUT2D eigenvalue weighted by Crippen LogP contribution is -2.31. The molecule has 40 heavy (non-hydrogen) atoms. The van der Waals surface area contributed by atoms with E-state index in [-0.39, 0.29) is 36.5 Å². The van der Waals surface area contributed by atoms with Crippen LogP contribution in [0.25, 0.3) is 21.9 Å². The normalized spacial score (nSPS) is 17.7. The summed E-state index contributed by atoms with van der Waals surface area (Å²) in [5, 5.41) is -0.316. The Morgan fingerprint density at radius 3 is 2.02 bits per heavy atom. The molecule has 0 amide bonds. The number of ether oxygens (including phenoxy) is 4. The zero-order valence-electron chi connectivity index (χ0n) is 20.8. The SMILES string of the molecule is Cc1ccc(-c2cc(F)c(OCC3COC(c4ccc5c(F)c(OC(F)(F)F)c(F)cc5c4)OC3)c(F)c2)cc1. The molecule has 0 atom stereocenters. The molecule has 0 unspecified atom stereocenters. The number of aryl methyl sites for hydroxylation is 1. The minimum Gasteiger partial charge on any atom is -0.487 e. The van der Waals surface area contributed by atoms with Crippen molar-refractivity contribution in [1.82, 2.24) is 0 Å². The van der Waals surface area contributed by atoms with E-state index in [0.29, 0.717) is 16.7 Å². The fourth-order valence-electron chi connectivity index (χ4n) is 4.33. The van der Waals surface area contributed by atoms with Gasteiger partial charge in [-0.3, -0.25) is 0 Å². The van der Waals surface area contributed by atoms with Crippen molar-refractivity contribution in [3.8, 4) is 22.6 Å². The van der Waals surface area contributed by atoms with E-state index < -0.39 is 47.4 Å². The molecule has 4 nitrogen and oxygen atoms in total. The average Bonchev–Trinajstić information content (AvgIpc) is 2.90. The fourth-order valence-corrected chi connectivity index (χ4v) is 4.33. The Balaban J connectivity index is 1.22. The van der Waals surface area contributed by atoms with Gasteiger partial charge in [0.2, 0.25) is 5.75 Å². The maximum absolute atomic E-state index is 14.7. The highest BCUT2D eigenvalue weighted by Crippen LogP contribution is 2.36. The summed E-state index contributed by atoms with van der Waals surface area (Å²) in [6, 6.07) is 14.1. The van der Waals surface area contributed by atoms with Crippen LogP contribution in [-0.4, -0.2) is 26.2 Å². The van der Waals surface area contributed by atoms with E-state index in [0.717, 1.165) is 17.7 Å². The molecule has 0 radical (unpaired) electrons. The molecule has 0 aromatic heterocycles. The molecule has 0 spiro atoms. The number of fused-ring (bicyclic) bond motifs is 1. The predicted molar refractivity (Wildman–Crippen MR) is 131 cm³/mol. The van der Waals surface area contributed by atoms with Crippen molar-refractivity contribution in [2.75, 3.05) is 19.8 Å². The van der Waals surface area contributed by atoms with Crippen molar-refractivity contribution >= 4 is 10.8 Å². The first-order valence-electron chi connectivity index (χ1n) is 12.1. The Kier molecular flexibility index (Phi) is 7.61. The Morgan fingerprint density at radius 1 is 0.775 bits per heavy atom. The molecule has 0 saturated carbocycles. The van der Waals surface area contributed by atoms with Crippen molar-refractivity contribution in [2.45, 2.75) is 19.6 Å². The van der Waals surface area contributed by atoms with Crippen molar-refractivity contribution < 1.29 is 49.7 Å². The number of hydrogen-bond donors (Lipinski definition) is 0. The van der Waals surface area contributed by atoms with Crippen LogP contribution in [0.1, 0.15) is 17.4 Å². The number of hydrogen-bond acceptors (Lipinski definition) is 4. The monoisotopic (exact) mass is 566 g/mol. The maximum Gasteiger partial charge on any atom is 0.573 e. The van der Waals surface area contributed by atoms with Gasteiger partial charge in [0.05, 0.1) is 19.8 Å². The number of alkyl halides is 3. The van der Waals surface area contributed by atoms with Gasteiger partial charge in [0.1, 0.15) is 0 Å². The highest BCUT2D eigenvalue weighted by molar-refractivity contribution is 5.85. The molecule has 1 heterocycles. The third kappa shape index (κ3) is 6.00. The van der Waals surface area contributed by atoms with E-state index in [1.165, 1.54) is 24.3 Å². The molecular weight excluding hydrogens is 545 g/mol. The van der Waals surface area contributed by atoms with Crippen LogP contribution in [0.4, 0.5) is 30.7 Å². The number of benzene rings is 4. The van der Waals surface area contributed by atoms with Gasteiger partial charge in [-0.05, 0) is 47.7 Å². The molecule has 11 heteroatoms. The summed E-state index contributed by atoms with van der Waals surface area (Å²) in [7, 11) is 0. The van der Waals surface area contributed by atoms with E-state index in [9.17, 15) is 30.7 Å². The Labute approximate surface area is 223 Å². The van der Waals surface area contributed by atoms with Crippen LogP contribution < -0.4 is 9.47 Å². The summed E-state index contributed by atoms with van der Waals surface area (Å²) in [4.78, 5) is 0. The van der Waals surface area contributed by atoms with Gasteiger partial charge in [-0.1, -0.05) is 42.0 Å².